The quantitative estimate of drug-likeness (QED) is 0.455. The van der Waals surface area contributed by atoms with Gasteiger partial charge in [-0.25, -0.2) is 14.4 Å². The van der Waals surface area contributed by atoms with Gasteiger partial charge in [0.1, 0.15) is 17.5 Å². The summed E-state index contributed by atoms with van der Waals surface area (Å²) in [4.78, 5) is 23.4. The van der Waals surface area contributed by atoms with Gasteiger partial charge in [0.05, 0.1) is 22.5 Å². The van der Waals surface area contributed by atoms with Crippen LogP contribution in [0.4, 0.5) is 24.7 Å². The Morgan fingerprint density at radius 2 is 1.91 bits per heavy atom. The topological polar surface area (TPSA) is 58.1 Å². The molecule has 1 aliphatic heterocycles. The molecular weight excluding hydrogens is 441 g/mol. The summed E-state index contributed by atoms with van der Waals surface area (Å²) in [5.41, 5.74) is 0.505. The van der Waals surface area contributed by atoms with E-state index in [-0.39, 0.29) is 11.5 Å². The van der Waals surface area contributed by atoms with Gasteiger partial charge in [0.25, 0.3) is 5.92 Å². The van der Waals surface area contributed by atoms with Gasteiger partial charge in [-0.15, -0.1) is 0 Å². The summed E-state index contributed by atoms with van der Waals surface area (Å²) in [6.45, 7) is 11.6. The van der Waals surface area contributed by atoms with Gasteiger partial charge in [0.15, 0.2) is 0 Å². The molecule has 0 bridgehead atoms. The molecule has 0 unspecified atom stereocenters. The summed E-state index contributed by atoms with van der Waals surface area (Å²) in [6.07, 6.45) is 0. The lowest BCUT2D eigenvalue weighted by atomic mass is 9.85. The fourth-order valence-electron chi connectivity index (χ4n) is 4.45. The maximum absolute atomic E-state index is 15.2. The number of anilines is 2. The second-order valence-corrected chi connectivity index (χ2v) is 9.42. The molecule has 1 aliphatic rings. The van der Waals surface area contributed by atoms with Gasteiger partial charge in [-0.05, 0) is 64.0 Å². The van der Waals surface area contributed by atoms with Crippen molar-refractivity contribution >= 4 is 28.3 Å². The number of alkyl halides is 2. The second kappa shape index (κ2) is 7.82. The Hall–Kier alpha value is -3.42. The molecule has 1 atom stereocenters. The van der Waals surface area contributed by atoms with Crippen LogP contribution in [0.3, 0.4) is 0 Å². The fraction of sp³-hybridized carbons (Fsp3) is 0.346. The molecule has 178 valence electrons. The minimum atomic E-state index is -3.48. The van der Waals surface area contributed by atoms with E-state index in [1.807, 2.05) is 26.0 Å². The number of rotatable bonds is 5. The second-order valence-electron chi connectivity index (χ2n) is 9.42. The van der Waals surface area contributed by atoms with Crippen LogP contribution in [0, 0.1) is 12.7 Å². The van der Waals surface area contributed by atoms with E-state index in [1.54, 1.807) is 25.8 Å². The van der Waals surface area contributed by atoms with Crippen LogP contribution in [0.5, 0.6) is 0 Å². The molecule has 0 radical (unpaired) electrons. The highest BCUT2D eigenvalue weighted by Crippen LogP contribution is 2.44. The predicted octanol–water partition coefficient (Wildman–Crippen LogP) is 6.17. The third-order valence-electron chi connectivity index (χ3n) is 6.52. The SMILES string of the molecule is C=C(C)C(F)(F)c1cccc([C@@H](C)Nc2nc(C)nc3cc4c(cc23)N(C)C(=O)C4(C)C)c1F. The third kappa shape index (κ3) is 3.52. The van der Waals surface area contributed by atoms with Crippen molar-refractivity contribution in [3.8, 4) is 0 Å². The van der Waals surface area contributed by atoms with Gasteiger partial charge in [-0.1, -0.05) is 18.7 Å². The molecule has 4 rings (SSSR count). The Morgan fingerprint density at radius 3 is 2.56 bits per heavy atom. The van der Waals surface area contributed by atoms with E-state index < -0.39 is 34.3 Å². The van der Waals surface area contributed by atoms with Crippen LogP contribution in [0.2, 0.25) is 0 Å². The molecule has 34 heavy (non-hydrogen) atoms. The highest BCUT2D eigenvalue weighted by atomic mass is 19.3. The highest BCUT2D eigenvalue weighted by molar-refractivity contribution is 6.10. The summed E-state index contributed by atoms with van der Waals surface area (Å²) < 4.78 is 44.2. The molecule has 3 aromatic rings. The Kier molecular flexibility index (Phi) is 5.46. The molecule has 1 aromatic heterocycles. The lowest BCUT2D eigenvalue weighted by molar-refractivity contribution is -0.121. The standard InChI is InChI=1S/C26H27F3N4O/c1-13(2)26(28,29)18-10-8-9-16(22(18)27)14(3)30-23-17-11-21-19(12-20(17)31-15(4)32-23)25(5,6)24(34)33(21)7/h8-12,14H,1H2,2-7H3,(H,30,31,32)/t14-/m1/s1. The maximum Gasteiger partial charge on any atom is 0.296 e. The van der Waals surface area contributed by atoms with Crippen molar-refractivity contribution in [3.05, 3.63) is 70.8 Å². The molecule has 2 heterocycles. The first-order valence-electron chi connectivity index (χ1n) is 11.0. The van der Waals surface area contributed by atoms with Gasteiger partial charge in [0.2, 0.25) is 5.91 Å². The number of likely N-dealkylation sites (N-methyl/N-ethyl adjacent to an activating group) is 1. The van der Waals surface area contributed by atoms with E-state index in [0.29, 0.717) is 22.5 Å². The Morgan fingerprint density at radius 1 is 1.24 bits per heavy atom. The molecule has 0 saturated carbocycles. The summed E-state index contributed by atoms with van der Waals surface area (Å²) in [6, 6.07) is 6.99. The van der Waals surface area contributed by atoms with E-state index in [0.717, 1.165) is 17.3 Å². The van der Waals surface area contributed by atoms with E-state index in [1.165, 1.54) is 19.1 Å². The number of carbonyl (C=O) groups is 1. The summed E-state index contributed by atoms with van der Waals surface area (Å²) in [5.74, 6) is -3.58. The van der Waals surface area contributed by atoms with Crippen LogP contribution in [-0.4, -0.2) is 22.9 Å². The number of amides is 1. The monoisotopic (exact) mass is 468 g/mol. The van der Waals surface area contributed by atoms with E-state index >= 15 is 4.39 Å². The molecule has 0 saturated heterocycles. The van der Waals surface area contributed by atoms with Crippen LogP contribution >= 0.6 is 0 Å². The van der Waals surface area contributed by atoms with E-state index in [9.17, 15) is 13.6 Å². The largest absolute Gasteiger partial charge is 0.363 e. The van der Waals surface area contributed by atoms with Gasteiger partial charge >= 0.3 is 0 Å². The number of hydrogen-bond donors (Lipinski definition) is 1. The maximum atomic E-state index is 15.2. The molecule has 1 N–H and O–H groups in total. The number of carbonyl (C=O) groups excluding carboxylic acids is 1. The first-order chi connectivity index (χ1) is 15.8. The number of aromatic nitrogens is 2. The zero-order valence-corrected chi connectivity index (χ0v) is 20.1. The Balaban J connectivity index is 1.80. The van der Waals surface area contributed by atoms with Crippen LogP contribution in [0.25, 0.3) is 10.9 Å². The number of hydrogen-bond acceptors (Lipinski definition) is 4. The highest BCUT2D eigenvalue weighted by Gasteiger charge is 2.42. The number of aryl methyl sites for hydroxylation is 1. The molecule has 8 heteroatoms. The number of benzene rings is 2. The number of fused-ring (bicyclic) bond motifs is 2. The first-order valence-corrected chi connectivity index (χ1v) is 11.0. The Bertz CT molecular complexity index is 1350. The van der Waals surface area contributed by atoms with Crippen molar-refractivity contribution in [1.29, 1.82) is 0 Å². The first kappa shape index (κ1) is 23.7. The van der Waals surface area contributed by atoms with Crippen LogP contribution in [0.1, 0.15) is 56.3 Å². The zero-order valence-electron chi connectivity index (χ0n) is 20.1. The van der Waals surface area contributed by atoms with Crippen molar-refractivity contribution in [1.82, 2.24) is 9.97 Å². The molecule has 0 aliphatic carbocycles. The molecule has 5 nitrogen and oxygen atoms in total. The molecule has 0 fully saturated rings. The number of halogens is 3. The minimum absolute atomic E-state index is 0.0253. The minimum Gasteiger partial charge on any atom is -0.363 e. The zero-order chi connectivity index (χ0) is 25.2. The van der Waals surface area contributed by atoms with Crippen molar-refractivity contribution in [2.45, 2.75) is 52.0 Å². The van der Waals surface area contributed by atoms with Crippen molar-refractivity contribution in [2.24, 2.45) is 0 Å². The van der Waals surface area contributed by atoms with Crippen LogP contribution in [-0.2, 0) is 16.1 Å². The van der Waals surface area contributed by atoms with Gasteiger partial charge < -0.3 is 10.2 Å². The van der Waals surface area contributed by atoms with E-state index in [2.05, 4.69) is 21.9 Å². The number of nitrogens with zero attached hydrogens (tertiary/aromatic N) is 3. The Labute approximate surface area is 196 Å². The average Bonchev–Trinajstić information content (AvgIpc) is 2.92. The normalized spacial score (nSPS) is 16.0. The van der Waals surface area contributed by atoms with Gasteiger partial charge in [-0.3, -0.25) is 4.79 Å². The van der Waals surface area contributed by atoms with Crippen LogP contribution < -0.4 is 10.2 Å². The lowest BCUT2D eigenvalue weighted by Gasteiger charge is -2.22. The molecule has 2 aromatic carbocycles. The fourth-order valence-corrected chi connectivity index (χ4v) is 4.45. The van der Waals surface area contributed by atoms with Crippen molar-refractivity contribution in [2.75, 3.05) is 17.3 Å². The third-order valence-corrected chi connectivity index (χ3v) is 6.52. The molecule has 0 spiro atoms. The van der Waals surface area contributed by atoms with Gasteiger partial charge in [0, 0.05) is 23.7 Å². The summed E-state index contributed by atoms with van der Waals surface area (Å²) in [7, 11) is 1.72. The predicted molar refractivity (Wildman–Crippen MR) is 128 cm³/mol. The van der Waals surface area contributed by atoms with Crippen molar-refractivity contribution in [3.63, 3.8) is 0 Å². The average molecular weight is 469 g/mol. The van der Waals surface area contributed by atoms with Crippen molar-refractivity contribution < 1.29 is 18.0 Å². The van der Waals surface area contributed by atoms with Crippen LogP contribution in [0.15, 0.2) is 42.5 Å². The molecular formula is C26H27F3N4O. The van der Waals surface area contributed by atoms with E-state index in [4.69, 9.17) is 0 Å². The smallest absolute Gasteiger partial charge is 0.296 e. The number of allylic oxidation sites excluding steroid dienone is 1. The lowest BCUT2D eigenvalue weighted by Crippen LogP contribution is -2.33. The van der Waals surface area contributed by atoms with Gasteiger partial charge in [-0.2, -0.15) is 8.78 Å². The molecule has 1 amide bonds. The number of nitrogens with one attached hydrogen (secondary N) is 1. The summed E-state index contributed by atoms with van der Waals surface area (Å²) in [5, 5.41) is 3.82. The summed E-state index contributed by atoms with van der Waals surface area (Å²) >= 11 is 0.